The Hall–Kier alpha value is -1.51. The molecule has 0 unspecified atom stereocenters. The van der Waals surface area contributed by atoms with Crippen LogP contribution < -0.4 is 4.74 Å². The maximum atomic E-state index is 10.9. The molecule has 1 N–H and O–H groups in total. The van der Waals surface area contributed by atoms with Crippen LogP contribution in [-0.2, 0) is 16.6 Å². The Labute approximate surface area is 122 Å². The molecule has 0 spiro atoms. The zero-order valence-corrected chi connectivity index (χ0v) is 13.0. The number of methoxy groups -OCH3 is 1. The topological polar surface area (TPSA) is 46.5 Å². The van der Waals surface area contributed by atoms with Crippen molar-refractivity contribution >= 4 is 5.97 Å². The molecule has 3 nitrogen and oxygen atoms in total. The van der Waals surface area contributed by atoms with Gasteiger partial charge in [0.2, 0.25) is 0 Å². The molecule has 0 saturated carbocycles. The number of ether oxygens (including phenoxy) is 1. The standard InChI is InChI=1S/C17H26O3/c1-5-6-7-10-17(2,3)14-11-13(12-16(18)19)8-9-15(14)20-4/h8-9,11H,5-7,10,12H2,1-4H3,(H,18,19). The molecule has 0 aliphatic carbocycles. The summed E-state index contributed by atoms with van der Waals surface area (Å²) in [5, 5.41) is 8.93. The molecule has 1 aromatic rings. The van der Waals surface area contributed by atoms with Crippen LogP contribution in [0.2, 0.25) is 0 Å². The Morgan fingerprint density at radius 3 is 2.55 bits per heavy atom. The lowest BCUT2D eigenvalue weighted by molar-refractivity contribution is -0.136. The second kappa shape index (κ2) is 7.32. The minimum atomic E-state index is -0.801. The number of hydrogen-bond acceptors (Lipinski definition) is 2. The van der Waals surface area contributed by atoms with Gasteiger partial charge < -0.3 is 9.84 Å². The lowest BCUT2D eigenvalue weighted by Crippen LogP contribution is -2.19. The van der Waals surface area contributed by atoms with E-state index in [1.165, 1.54) is 19.3 Å². The normalized spacial score (nSPS) is 11.4. The Morgan fingerprint density at radius 2 is 2.00 bits per heavy atom. The molecule has 0 saturated heterocycles. The van der Waals surface area contributed by atoms with Gasteiger partial charge in [-0.2, -0.15) is 0 Å². The van der Waals surface area contributed by atoms with Crippen LogP contribution in [0, 0.1) is 0 Å². The van der Waals surface area contributed by atoms with Crippen molar-refractivity contribution in [3.05, 3.63) is 29.3 Å². The van der Waals surface area contributed by atoms with Crippen LogP contribution in [0.25, 0.3) is 0 Å². The van der Waals surface area contributed by atoms with E-state index in [2.05, 4.69) is 20.8 Å². The fraction of sp³-hybridized carbons (Fsp3) is 0.588. The molecule has 0 fully saturated rings. The molecule has 0 heterocycles. The predicted octanol–water partition coefficient (Wildman–Crippen LogP) is 4.18. The first kappa shape index (κ1) is 16.5. The second-order valence-electron chi connectivity index (χ2n) is 5.95. The molecular weight excluding hydrogens is 252 g/mol. The van der Waals surface area contributed by atoms with Gasteiger partial charge in [-0.05, 0) is 23.5 Å². The van der Waals surface area contributed by atoms with Gasteiger partial charge in [0.15, 0.2) is 0 Å². The van der Waals surface area contributed by atoms with Crippen LogP contribution in [0.3, 0.4) is 0 Å². The second-order valence-corrected chi connectivity index (χ2v) is 5.95. The predicted molar refractivity (Wildman–Crippen MR) is 81.5 cm³/mol. The van der Waals surface area contributed by atoms with Crippen LogP contribution in [-0.4, -0.2) is 18.2 Å². The Morgan fingerprint density at radius 1 is 1.30 bits per heavy atom. The SMILES string of the molecule is CCCCCC(C)(C)c1cc(CC(=O)O)ccc1OC. The van der Waals surface area contributed by atoms with Gasteiger partial charge in [0.05, 0.1) is 13.5 Å². The summed E-state index contributed by atoms with van der Waals surface area (Å²) in [6.07, 6.45) is 4.73. The average Bonchev–Trinajstić information content (AvgIpc) is 2.38. The first-order valence-electron chi connectivity index (χ1n) is 7.30. The Balaban J connectivity index is 3.02. The van der Waals surface area contributed by atoms with Crippen LogP contribution in [0.4, 0.5) is 0 Å². The van der Waals surface area contributed by atoms with Gasteiger partial charge in [0.25, 0.3) is 0 Å². The van der Waals surface area contributed by atoms with E-state index < -0.39 is 5.97 Å². The van der Waals surface area contributed by atoms with Crippen molar-refractivity contribution in [3.63, 3.8) is 0 Å². The van der Waals surface area contributed by atoms with E-state index in [0.29, 0.717) is 0 Å². The number of carboxylic acids is 1. The molecule has 0 atom stereocenters. The minimum absolute atomic E-state index is 0.00493. The third-order valence-electron chi connectivity index (χ3n) is 3.75. The van der Waals surface area contributed by atoms with Crippen LogP contribution in [0.15, 0.2) is 18.2 Å². The summed E-state index contributed by atoms with van der Waals surface area (Å²) in [6, 6.07) is 5.70. The maximum Gasteiger partial charge on any atom is 0.307 e. The van der Waals surface area contributed by atoms with Gasteiger partial charge in [-0.15, -0.1) is 0 Å². The van der Waals surface area contributed by atoms with Crippen LogP contribution in [0.1, 0.15) is 57.6 Å². The number of carbonyl (C=O) groups is 1. The summed E-state index contributed by atoms with van der Waals surface area (Å²) in [6.45, 7) is 6.59. The first-order chi connectivity index (χ1) is 9.40. The number of carboxylic acid groups (broad SMARTS) is 1. The Bertz CT molecular complexity index is 450. The van der Waals surface area contributed by atoms with E-state index in [9.17, 15) is 4.79 Å². The Kier molecular flexibility index (Phi) is 6.05. The van der Waals surface area contributed by atoms with Crippen molar-refractivity contribution in [2.24, 2.45) is 0 Å². The van der Waals surface area contributed by atoms with Crippen molar-refractivity contribution in [1.82, 2.24) is 0 Å². The van der Waals surface area contributed by atoms with E-state index >= 15 is 0 Å². The molecule has 0 aromatic heterocycles. The third kappa shape index (κ3) is 4.55. The molecular formula is C17H26O3. The highest BCUT2D eigenvalue weighted by Gasteiger charge is 2.24. The molecule has 0 aliphatic heterocycles. The molecule has 0 amide bonds. The summed E-state index contributed by atoms with van der Waals surface area (Å²) >= 11 is 0. The molecule has 20 heavy (non-hydrogen) atoms. The lowest BCUT2D eigenvalue weighted by atomic mass is 9.78. The highest BCUT2D eigenvalue weighted by atomic mass is 16.5. The number of aliphatic carboxylic acids is 1. The summed E-state index contributed by atoms with van der Waals surface area (Å²) in [7, 11) is 1.66. The minimum Gasteiger partial charge on any atom is -0.496 e. The quantitative estimate of drug-likeness (QED) is 0.726. The summed E-state index contributed by atoms with van der Waals surface area (Å²) in [4.78, 5) is 10.9. The summed E-state index contributed by atoms with van der Waals surface area (Å²) in [5.74, 6) is 0.0468. The molecule has 112 valence electrons. The largest absolute Gasteiger partial charge is 0.496 e. The maximum absolute atomic E-state index is 10.9. The molecule has 3 heteroatoms. The molecule has 1 rings (SSSR count). The fourth-order valence-corrected chi connectivity index (χ4v) is 2.52. The van der Waals surface area contributed by atoms with E-state index in [1.54, 1.807) is 7.11 Å². The highest BCUT2D eigenvalue weighted by Crippen LogP contribution is 2.36. The number of rotatable bonds is 8. The van der Waals surface area contributed by atoms with E-state index in [0.717, 1.165) is 23.3 Å². The van der Waals surface area contributed by atoms with Crippen LogP contribution in [0.5, 0.6) is 5.75 Å². The van der Waals surface area contributed by atoms with Gasteiger partial charge in [-0.3, -0.25) is 4.79 Å². The summed E-state index contributed by atoms with van der Waals surface area (Å²) < 4.78 is 5.45. The zero-order chi connectivity index (χ0) is 15.2. The average molecular weight is 278 g/mol. The van der Waals surface area contributed by atoms with Crippen molar-refractivity contribution in [1.29, 1.82) is 0 Å². The molecule has 1 aromatic carbocycles. The number of benzene rings is 1. The van der Waals surface area contributed by atoms with Crippen molar-refractivity contribution in [3.8, 4) is 5.75 Å². The van der Waals surface area contributed by atoms with Gasteiger partial charge in [-0.25, -0.2) is 0 Å². The van der Waals surface area contributed by atoms with E-state index in [-0.39, 0.29) is 11.8 Å². The molecule has 0 radical (unpaired) electrons. The van der Waals surface area contributed by atoms with Gasteiger partial charge in [0.1, 0.15) is 5.75 Å². The summed E-state index contributed by atoms with van der Waals surface area (Å²) in [5.41, 5.74) is 1.93. The number of hydrogen-bond donors (Lipinski definition) is 1. The lowest BCUT2D eigenvalue weighted by Gasteiger charge is -2.28. The van der Waals surface area contributed by atoms with Gasteiger partial charge >= 0.3 is 5.97 Å². The fourth-order valence-electron chi connectivity index (χ4n) is 2.52. The van der Waals surface area contributed by atoms with Crippen molar-refractivity contribution in [2.45, 2.75) is 58.3 Å². The van der Waals surface area contributed by atoms with E-state index in [1.807, 2.05) is 18.2 Å². The van der Waals surface area contributed by atoms with E-state index in [4.69, 9.17) is 9.84 Å². The van der Waals surface area contributed by atoms with Crippen molar-refractivity contribution < 1.29 is 14.6 Å². The number of unbranched alkanes of at least 4 members (excludes halogenated alkanes) is 2. The highest BCUT2D eigenvalue weighted by molar-refractivity contribution is 5.70. The molecule has 0 bridgehead atoms. The smallest absolute Gasteiger partial charge is 0.307 e. The van der Waals surface area contributed by atoms with Crippen LogP contribution >= 0.6 is 0 Å². The third-order valence-corrected chi connectivity index (χ3v) is 3.75. The van der Waals surface area contributed by atoms with Gasteiger partial charge in [0, 0.05) is 5.56 Å². The zero-order valence-electron chi connectivity index (χ0n) is 13.0. The monoisotopic (exact) mass is 278 g/mol. The first-order valence-corrected chi connectivity index (χ1v) is 7.30. The molecule has 0 aliphatic rings. The van der Waals surface area contributed by atoms with Crippen molar-refractivity contribution in [2.75, 3.05) is 7.11 Å². The van der Waals surface area contributed by atoms with Gasteiger partial charge in [-0.1, -0.05) is 52.2 Å².